The molecule has 5 unspecified atom stereocenters. The molecule has 0 saturated heterocycles. The smallest absolute Gasteiger partial charge is 0.371 e. The summed E-state index contributed by atoms with van der Waals surface area (Å²) < 4.78 is 27.1. The van der Waals surface area contributed by atoms with Gasteiger partial charge in [0.25, 0.3) is 0 Å². The van der Waals surface area contributed by atoms with Crippen molar-refractivity contribution in [3.8, 4) is 11.8 Å². The van der Waals surface area contributed by atoms with Crippen LogP contribution in [-0.2, 0) is 21.5 Å². The molecule has 0 aliphatic heterocycles. The Labute approximate surface area is 153 Å². The highest BCUT2D eigenvalue weighted by atomic mass is 32.2. The highest BCUT2D eigenvalue weighted by Gasteiger charge is 2.58. The Hall–Kier alpha value is -1.91. The predicted octanol–water partition coefficient (Wildman–Crippen LogP) is 2.44. The number of fused-ring (bicyclic) bond motifs is 5. The van der Waals surface area contributed by atoms with E-state index in [9.17, 15) is 18.5 Å². The molecule has 7 heteroatoms. The minimum absolute atomic E-state index is 0.131. The molecule has 138 valence electrons. The molecular weight excluding hydrogens is 352 g/mol. The number of nitrogens with zero attached hydrogens (tertiary/aromatic N) is 1. The third kappa shape index (κ3) is 2.63. The van der Waals surface area contributed by atoms with E-state index in [4.69, 9.17) is 9.32 Å². The van der Waals surface area contributed by atoms with Gasteiger partial charge in [-0.1, -0.05) is 13.0 Å². The van der Waals surface area contributed by atoms with Crippen LogP contribution in [0.5, 0.6) is 5.75 Å². The zero-order valence-corrected chi connectivity index (χ0v) is 15.5. The van der Waals surface area contributed by atoms with Crippen molar-refractivity contribution >= 4 is 16.1 Å². The van der Waals surface area contributed by atoms with Gasteiger partial charge in [-0.25, -0.2) is 0 Å². The monoisotopic (exact) mass is 374 g/mol. The molecule has 2 N–H and O–H groups in total. The Morgan fingerprint density at radius 3 is 2.81 bits per heavy atom. The molecular formula is C19H22N2O4S. The van der Waals surface area contributed by atoms with Crippen LogP contribution in [-0.4, -0.2) is 14.2 Å². The summed E-state index contributed by atoms with van der Waals surface area (Å²) in [5, 5.41) is 14.3. The first-order valence-corrected chi connectivity index (χ1v) is 10.5. The Kier molecular flexibility index (Phi) is 3.90. The minimum atomic E-state index is -4.03. The Morgan fingerprint density at radius 2 is 2.12 bits per heavy atom. The lowest BCUT2D eigenvalue weighted by Crippen LogP contribution is -2.42. The fraction of sp³-hybridized carbons (Fsp3) is 0.579. The highest BCUT2D eigenvalue weighted by molar-refractivity contribution is 7.84. The zero-order valence-electron chi connectivity index (χ0n) is 14.6. The summed E-state index contributed by atoms with van der Waals surface area (Å²) in [4.78, 5) is 12.7. The van der Waals surface area contributed by atoms with Crippen molar-refractivity contribution in [2.45, 2.75) is 44.9 Å². The third-order valence-corrected chi connectivity index (χ3v) is 7.25. The van der Waals surface area contributed by atoms with Crippen LogP contribution >= 0.6 is 0 Å². The van der Waals surface area contributed by atoms with Crippen molar-refractivity contribution in [3.05, 3.63) is 29.3 Å². The van der Waals surface area contributed by atoms with Gasteiger partial charge in [-0.15, -0.1) is 0 Å². The van der Waals surface area contributed by atoms with E-state index in [1.165, 1.54) is 5.56 Å². The number of hydrogen-bond acceptors (Lipinski definition) is 5. The maximum atomic E-state index is 12.7. The van der Waals surface area contributed by atoms with E-state index in [0.29, 0.717) is 18.3 Å². The number of rotatable bonds is 2. The van der Waals surface area contributed by atoms with E-state index in [-0.39, 0.29) is 22.9 Å². The molecule has 0 amide bonds. The zero-order chi connectivity index (χ0) is 18.7. The number of ketones is 1. The number of hydrogen-bond donors (Lipinski definition) is 1. The molecule has 2 fully saturated rings. The lowest BCUT2D eigenvalue weighted by atomic mass is 9.55. The average molecular weight is 374 g/mol. The van der Waals surface area contributed by atoms with E-state index in [1.807, 2.05) is 13.0 Å². The standard InChI is InChI=1S/C19H22N2O4S/c1-19-7-6-15-14-5-3-13(25-26(21,23)24)8-11(14)2-4-16(15)17(19)9-12(10-20)18(19)22/h3,5,8,12,15-17H,2,4,6-7,9H2,1H3,(H2,21,23,24). The van der Waals surface area contributed by atoms with Crippen LogP contribution in [0, 0.1) is 34.5 Å². The molecule has 2 saturated carbocycles. The maximum Gasteiger partial charge on any atom is 0.380 e. The topological polar surface area (TPSA) is 110 Å². The van der Waals surface area contributed by atoms with Gasteiger partial charge in [0, 0.05) is 5.41 Å². The van der Waals surface area contributed by atoms with Gasteiger partial charge < -0.3 is 4.18 Å². The van der Waals surface area contributed by atoms with Gasteiger partial charge in [0.15, 0.2) is 5.78 Å². The lowest BCUT2D eigenvalue weighted by Gasteiger charge is -2.48. The number of aryl methyl sites for hydroxylation is 1. The Morgan fingerprint density at radius 1 is 1.35 bits per heavy atom. The summed E-state index contributed by atoms with van der Waals surface area (Å²) in [6.45, 7) is 2.05. The fourth-order valence-corrected chi connectivity index (χ4v) is 6.05. The molecule has 26 heavy (non-hydrogen) atoms. The van der Waals surface area contributed by atoms with Crippen LogP contribution in [0.25, 0.3) is 0 Å². The van der Waals surface area contributed by atoms with Gasteiger partial charge in [0.2, 0.25) is 0 Å². The molecule has 6 nitrogen and oxygen atoms in total. The van der Waals surface area contributed by atoms with Crippen molar-refractivity contribution in [3.63, 3.8) is 0 Å². The van der Waals surface area contributed by atoms with Crippen LogP contribution in [0.1, 0.15) is 49.7 Å². The Balaban J connectivity index is 1.65. The van der Waals surface area contributed by atoms with Crippen molar-refractivity contribution in [1.82, 2.24) is 0 Å². The summed E-state index contributed by atoms with van der Waals surface area (Å²) >= 11 is 0. The molecule has 0 spiro atoms. The van der Waals surface area contributed by atoms with Gasteiger partial charge in [-0.3, -0.25) is 4.79 Å². The van der Waals surface area contributed by atoms with Gasteiger partial charge in [0.1, 0.15) is 11.7 Å². The molecule has 0 heterocycles. The average Bonchev–Trinajstić information content (AvgIpc) is 2.84. The summed E-state index contributed by atoms with van der Waals surface area (Å²) in [6, 6.07) is 7.56. The number of nitrogens with two attached hydrogens (primary N) is 1. The molecule has 3 aliphatic carbocycles. The van der Waals surface area contributed by atoms with Crippen LogP contribution in [0.4, 0.5) is 0 Å². The predicted molar refractivity (Wildman–Crippen MR) is 94.3 cm³/mol. The van der Waals surface area contributed by atoms with E-state index >= 15 is 0 Å². The number of nitriles is 1. The minimum Gasteiger partial charge on any atom is -0.371 e. The second-order valence-electron chi connectivity index (χ2n) is 8.09. The van der Waals surface area contributed by atoms with Gasteiger partial charge in [0.05, 0.1) is 6.07 Å². The second-order valence-corrected chi connectivity index (χ2v) is 9.24. The summed E-state index contributed by atoms with van der Waals surface area (Å²) in [5.41, 5.74) is 1.95. The molecule has 1 aromatic carbocycles. The molecule has 3 aliphatic rings. The van der Waals surface area contributed by atoms with Crippen LogP contribution in [0.15, 0.2) is 18.2 Å². The van der Waals surface area contributed by atoms with Crippen molar-refractivity contribution in [2.24, 2.45) is 28.3 Å². The first kappa shape index (κ1) is 17.5. The van der Waals surface area contributed by atoms with Crippen LogP contribution < -0.4 is 9.32 Å². The second kappa shape index (κ2) is 5.80. The van der Waals surface area contributed by atoms with Crippen molar-refractivity contribution in [1.29, 1.82) is 5.26 Å². The van der Waals surface area contributed by atoms with Gasteiger partial charge >= 0.3 is 10.3 Å². The Bertz CT molecular complexity index is 920. The largest absolute Gasteiger partial charge is 0.380 e. The number of carbonyl (C=O) groups is 1. The highest BCUT2D eigenvalue weighted by Crippen LogP contribution is 2.60. The summed E-state index contributed by atoms with van der Waals surface area (Å²) in [7, 11) is -4.03. The van der Waals surface area contributed by atoms with E-state index < -0.39 is 16.2 Å². The maximum absolute atomic E-state index is 12.7. The molecule has 5 atom stereocenters. The van der Waals surface area contributed by atoms with E-state index in [1.54, 1.807) is 12.1 Å². The van der Waals surface area contributed by atoms with E-state index in [0.717, 1.165) is 31.2 Å². The number of carbonyl (C=O) groups excluding carboxylic acids is 1. The molecule has 0 bridgehead atoms. The molecule has 1 aromatic rings. The van der Waals surface area contributed by atoms with Gasteiger partial charge in [-0.2, -0.15) is 18.8 Å². The first-order valence-electron chi connectivity index (χ1n) is 9.02. The third-order valence-electron chi connectivity index (χ3n) is 6.82. The number of Topliss-reactive ketones (excluding diaryl/α,β-unsaturated/α-hetero) is 1. The normalized spacial score (nSPS) is 35.8. The molecule has 0 aromatic heterocycles. The van der Waals surface area contributed by atoms with Crippen LogP contribution in [0.3, 0.4) is 0 Å². The first-order chi connectivity index (χ1) is 12.2. The van der Waals surface area contributed by atoms with Crippen LogP contribution in [0.2, 0.25) is 0 Å². The summed E-state index contributed by atoms with van der Waals surface area (Å²) in [5.74, 6) is 0.916. The van der Waals surface area contributed by atoms with Gasteiger partial charge in [-0.05, 0) is 73.1 Å². The SMILES string of the molecule is CC12CCC3c4ccc(OS(N)(=O)=O)cc4CCC3C1CC(C#N)C2=O. The fourth-order valence-electron chi connectivity index (χ4n) is 5.68. The molecule has 0 radical (unpaired) electrons. The van der Waals surface area contributed by atoms with Crippen molar-refractivity contribution < 1.29 is 17.4 Å². The number of benzene rings is 1. The van der Waals surface area contributed by atoms with E-state index in [2.05, 4.69) is 6.07 Å². The summed E-state index contributed by atoms with van der Waals surface area (Å²) in [6.07, 6.45) is 4.17. The van der Waals surface area contributed by atoms with Crippen molar-refractivity contribution in [2.75, 3.05) is 0 Å². The molecule has 4 rings (SSSR count). The lowest BCUT2D eigenvalue weighted by molar-refractivity contribution is -0.130. The quantitative estimate of drug-likeness (QED) is 0.855.